The summed E-state index contributed by atoms with van der Waals surface area (Å²) in [5.74, 6) is 0.305. The first-order valence-corrected chi connectivity index (χ1v) is 7.84. The lowest BCUT2D eigenvalue weighted by Crippen LogP contribution is -2.36. The Hall–Kier alpha value is -1.81. The highest BCUT2D eigenvalue weighted by molar-refractivity contribution is 7.80. The van der Waals surface area contributed by atoms with Gasteiger partial charge in [-0.2, -0.15) is 0 Å². The van der Waals surface area contributed by atoms with Gasteiger partial charge in [0.25, 0.3) is 0 Å². The molecular formula is C17H22N2OS. The van der Waals surface area contributed by atoms with Crippen molar-refractivity contribution in [3.05, 3.63) is 42.0 Å². The van der Waals surface area contributed by atoms with Crippen LogP contribution in [-0.4, -0.2) is 23.3 Å². The molecule has 0 aliphatic heterocycles. The molecule has 0 amide bonds. The number of hydrogen-bond acceptors (Lipinski definition) is 2. The highest BCUT2D eigenvalue weighted by Gasteiger charge is 2.02. The fourth-order valence-electron chi connectivity index (χ4n) is 2.30. The number of benzene rings is 2. The number of phenolic OH excluding ortho intramolecular Hbond substituents is 1. The fraction of sp³-hybridized carbons (Fsp3) is 0.353. The zero-order valence-electron chi connectivity index (χ0n) is 12.4. The SMILES string of the molecule is CCCCNC(=S)NCCc1cccc2ccc(O)cc12. The molecule has 112 valence electrons. The molecule has 0 bridgehead atoms. The molecule has 21 heavy (non-hydrogen) atoms. The normalized spacial score (nSPS) is 10.5. The minimum Gasteiger partial charge on any atom is -0.508 e. The molecule has 4 heteroatoms. The fourth-order valence-corrected chi connectivity index (χ4v) is 2.50. The van der Waals surface area contributed by atoms with Crippen LogP contribution in [0.5, 0.6) is 5.75 Å². The van der Waals surface area contributed by atoms with Crippen molar-refractivity contribution in [3.8, 4) is 5.75 Å². The maximum atomic E-state index is 9.64. The number of fused-ring (bicyclic) bond motifs is 1. The summed E-state index contributed by atoms with van der Waals surface area (Å²) in [5.41, 5.74) is 1.22. The molecule has 2 rings (SSSR count). The van der Waals surface area contributed by atoms with Gasteiger partial charge in [0.05, 0.1) is 0 Å². The number of aromatic hydroxyl groups is 1. The van der Waals surface area contributed by atoms with Gasteiger partial charge in [0.1, 0.15) is 5.75 Å². The molecule has 0 fully saturated rings. The molecule has 0 saturated carbocycles. The van der Waals surface area contributed by atoms with Crippen LogP contribution in [0.15, 0.2) is 36.4 Å². The van der Waals surface area contributed by atoms with Gasteiger partial charge >= 0.3 is 0 Å². The first-order valence-electron chi connectivity index (χ1n) is 7.43. The molecule has 0 heterocycles. The van der Waals surface area contributed by atoms with Crippen molar-refractivity contribution < 1.29 is 5.11 Å². The summed E-state index contributed by atoms with van der Waals surface area (Å²) in [7, 11) is 0. The van der Waals surface area contributed by atoms with Gasteiger partial charge in [-0.1, -0.05) is 37.6 Å². The first kappa shape index (κ1) is 15.6. The van der Waals surface area contributed by atoms with Crippen molar-refractivity contribution in [2.24, 2.45) is 0 Å². The van der Waals surface area contributed by atoms with E-state index < -0.39 is 0 Å². The van der Waals surface area contributed by atoms with Crippen molar-refractivity contribution in [2.75, 3.05) is 13.1 Å². The first-order chi connectivity index (χ1) is 10.2. The van der Waals surface area contributed by atoms with Crippen LogP contribution in [0.1, 0.15) is 25.3 Å². The van der Waals surface area contributed by atoms with E-state index in [4.69, 9.17) is 12.2 Å². The number of thiocarbonyl (C=S) groups is 1. The van der Waals surface area contributed by atoms with Crippen molar-refractivity contribution in [1.29, 1.82) is 0 Å². The van der Waals surface area contributed by atoms with Crippen molar-refractivity contribution in [1.82, 2.24) is 10.6 Å². The van der Waals surface area contributed by atoms with Gasteiger partial charge in [0, 0.05) is 13.1 Å². The lowest BCUT2D eigenvalue weighted by molar-refractivity contribution is 0.476. The predicted molar refractivity (Wildman–Crippen MR) is 92.8 cm³/mol. The minimum absolute atomic E-state index is 0.305. The highest BCUT2D eigenvalue weighted by Crippen LogP contribution is 2.23. The third-order valence-electron chi connectivity index (χ3n) is 3.45. The number of phenols is 1. The molecule has 0 aliphatic carbocycles. The Labute approximate surface area is 131 Å². The maximum absolute atomic E-state index is 9.64. The summed E-state index contributed by atoms with van der Waals surface area (Å²) < 4.78 is 0. The van der Waals surface area contributed by atoms with E-state index in [0.29, 0.717) is 10.9 Å². The Morgan fingerprint density at radius 2 is 1.95 bits per heavy atom. The van der Waals surface area contributed by atoms with E-state index in [2.05, 4.69) is 29.7 Å². The quantitative estimate of drug-likeness (QED) is 0.565. The van der Waals surface area contributed by atoms with Crippen molar-refractivity contribution in [3.63, 3.8) is 0 Å². The molecule has 0 atom stereocenters. The number of nitrogens with one attached hydrogen (secondary N) is 2. The Morgan fingerprint density at radius 1 is 1.14 bits per heavy atom. The van der Waals surface area contributed by atoms with Gasteiger partial charge < -0.3 is 15.7 Å². The third-order valence-corrected chi connectivity index (χ3v) is 3.74. The topological polar surface area (TPSA) is 44.3 Å². The molecule has 0 aliphatic rings. The number of unbranched alkanes of at least 4 members (excludes halogenated alkanes) is 1. The molecular weight excluding hydrogens is 280 g/mol. The van der Waals surface area contributed by atoms with E-state index in [0.717, 1.165) is 43.1 Å². The van der Waals surface area contributed by atoms with Gasteiger partial charge in [-0.25, -0.2) is 0 Å². The third kappa shape index (κ3) is 4.60. The molecule has 3 nitrogen and oxygen atoms in total. The van der Waals surface area contributed by atoms with Gasteiger partial charge in [-0.15, -0.1) is 0 Å². The second-order valence-corrected chi connectivity index (χ2v) is 5.52. The summed E-state index contributed by atoms with van der Waals surface area (Å²) in [4.78, 5) is 0. The Morgan fingerprint density at radius 3 is 2.76 bits per heavy atom. The van der Waals surface area contributed by atoms with Gasteiger partial charge in [-0.3, -0.25) is 0 Å². The average molecular weight is 302 g/mol. The van der Waals surface area contributed by atoms with Crippen LogP contribution in [0.4, 0.5) is 0 Å². The van der Waals surface area contributed by atoms with E-state index in [1.54, 1.807) is 6.07 Å². The lowest BCUT2D eigenvalue weighted by atomic mass is 10.0. The van der Waals surface area contributed by atoms with Crippen LogP contribution >= 0.6 is 12.2 Å². The van der Waals surface area contributed by atoms with Crippen LogP contribution in [0.3, 0.4) is 0 Å². The molecule has 0 saturated heterocycles. The molecule has 0 unspecified atom stereocenters. The van der Waals surface area contributed by atoms with E-state index >= 15 is 0 Å². The van der Waals surface area contributed by atoms with Gasteiger partial charge in [0.15, 0.2) is 5.11 Å². The molecule has 3 N–H and O–H groups in total. The molecule has 0 spiro atoms. The van der Waals surface area contributed by atoms with Crippen LogP contribution < -0.4 is 10.6 Å². The van der Waals surface area contributed by atoms with Gasteiger partial charge in [0.2, 0.25) is 0 Å². The Balaban J connectivity index is 1.91. The highest BCUT2D eigenvalue weighted by atomic mass is 32.1. The minimum atomic E-state index is 0.305. The zero-order chi connectivity index (χ0) is 15.1. The predicted octanol–water partition coefficient (Wildman–Crippen LogP) is 3.35. The van der Waals surface area contributed by atoms with Crippen molar-refractivity contribution >= 4 is 28.1 Å². The Bertz CT molecular complexity index is 613. The van der Waals surface area contributed by atoms with Crippen molar-refractivity contribution in [2.45, 2.75) is 26.2 Å². The monoisotopic (exact) mass is 302 g/mol. The molecule has 2 aromatic rings. The van der Waals surface area contributed by atoms with E-state index in [-0.39, 0.29) is 0 Å². The number of hydrogen-bond donors (Lipinski definition) is 3. The zero-order valence-corrected chi connectivity index (χ0v) is 13.2. The van der Waals surface area contributed by atoms with Gasteiger partial charge in [-0.05, 0) is 53.5 Å². The average Bonchev–Trinajstić information content (AvgIpc) is 2.48. The smallest absolute Gasteiger partial charge is 0.166 e. The largest absolute Gasteiger partial charge is 0.508 e. The maximum Gasteiger partial charge on any atom is 0.166 e. The van der Waals surface area contributed by atoms with Crippen LogP contribution in [0.25, 0.3) is 10.8 Å². The molecule has 0 aromatic heterocycles. The number of rotatable bonds is 6. The second kappa shape index (κ2) is 7.84. The Kier molecular flexibility index (Phi) is 5.81. The van der Waals surface area contributed by atoms with E-state index in [9.17, 15) is 5.11 Å². The van der Waals surface area contributed by atoms with Crippen LogP contribution in [0.2, 0.25) is 0 Å². The molecule has 0 radical (unpaired) electrons. The lowest BCUT2D eigenvalue weighted by Gasteiger charge is -2.11. The second-order valence-electron chi connectivity index (χ2n) is 5.11. The van der Waals surface area contributed by atoms with Crippen LogP contribution in [0, 0.1) is 0 Å². The summed E-state index contributed by atoms with van der Waals surface area (Å²) in [6, 6.07) is 11.7. The van der Waals surface area contributed by atoms with Crippen LogP contribution in [-0.2, 0) is 6.42 Å². The van der Waals surface area contributed by atoms with E-state index in [1.165, 1.54) is 5.56 Å². The standard InChI is InChI=1S/C17H22N2OS/c1-2-3-10-18-17(21)19-11-9-14-6-4-5-13-7-8-15(20)12-16(13)14/h4-8,12,20H,2-3,9-11H2,1H3,(H2,18,19,21). The summed E-state index contributed by atoms with van der Waals surface area (Å²) in [5, 5.41) is 19.0. The summed E-state index contributed by atoms with van der Waals surface area (Å²) >= 11 is 5.24. The van der Waals surface area contributed by atoms with E-state index in [1.807, 2.05) is 18.2 Å². The summed E-state index contributed by atoms with van der Waals surface area (Å²) in [6.45, 7) is 3.87. The molecule has 2 aromatic carbocycles. The summed E-state index contributed by atoms with van der Waals surface area (Å²) in [6.07, 6.45) is 3.16.